The fourth-order valence-corrected chi connectivity index (χ4v) is 4.89. The number of carbonyl (C=O) groups is 5. The fraction of sp³-hybridized carbons (Fsp3) is 0.542. The maximum Gasteiger partial charge on any atom is 0.338 e. The highest BCUT2D eigenvalue weighted by Gasteiger charge is 2.40. The van der Waals surface area contributed by atoms with Crippen LogP contribution in [-0.2, 0) is 19.1 Å². The largest absolute Gasteiger partial charge is 0.469 e. The number of methoxy groups -OCH3 is 1. The molecule has 1 saturated carbocycles. The topological polar surface area (TPSA) is 110 Å². The van der Waals surface area contributed by atoms with E-state index in [1.165, 1.54) is 30.2 Å². The minimum atomic E-state index is -0.730. The zero-order valence-corrected chi connectivity index (χ0v) is 18.7. The smallest absolute Gasteiger partial charge is 0.338 e. The Morgan fingerprint density at radius 2 is 1.61 bits per heavy atom. The monoisotopic (exact) mass is 456 g/mol. The zero-order chi connectivity index (χ0) is 23.5. The summed E-state index contributed by atoms with van der Waals surface area (Å²) < 4.78 is 9.91. The molecule has 3 aliphatic rings. The van der Waals surface area contributed by atoms with Crippen LogP contribution >= 0.6 is 0 Å². The molecule has 1 saturated heterocycles. The van der Waals surface area contributed by atoms with Crippen molar-refractivity contribution in [1.82, 2.24) is 9.80 Å². The second-order valence-electron chi connectivity index (χ2n) is 8.79. The maximum absolute atomic E-state index is 12.9. The van der Waals surface area contributed by atoms with Crippen LogP contribution in [0.25, 0.3) is 0 Å². The van der Waals surface area contributed by atoms with Gasteiger partial charge in [0.05, 0.1) is 29.7 Å². The number of fused-ring (bicyclic) bond motifs is 1. The highest BCUT2D eigenvalue weighted by molar-refractivity contribution is 6.22. The molecular formula is C24H28N2O7. The standard InChI is InChI=1S/C24H28N2O7/c1-32-23(30)15-9-11-25(12-10-15)20(27)14-33-24(31)16-7-8-18-19(13-16)22(29)26(21(18)28)17-5-3-2-4-6-17/h7-8,13,15,17H,2-6,9-12,14H2,1H3. The third-order valence-corrected chi connectivity index (χ3v) is 6.80. The molecule has 2 fully saturated rings. The first kappa shape index (κ1) is 22.9. The number of hydrogen-bond donors (Lipinski definition) is 0. The number of nitrogens with zero attached hydrogens (tertiary/aromatic N) is 2. The quantitative estimate of drug-likeness (QED) is 0.493. The second-order valence-corrected chi connectivity index (χ2v) is 8.79. The van der Waals surface area contributed by atoms with Gasteiger partial charge < -0.3 is 14.4 Å². The number of piperidine rings is 1. The Labute approximate surface area is 192 Å². The van der Waals surface area contributed by atoms with Crippen LogP contribution < -0.4 is 0 Å². The first-order chi connectivity index (χ1) is 15.9. The molecule has 3 amide bonds. The van der Waals surface area contributed by atoms with E-state index < -0.39 is 12.6 Å². The lowest BCUT2D eigenvalue weighted by Gasteiger charge is -2.30. The molecule has 1 aromatic rings. The van der Waals surface area contributed by atoms with Crippen molar-refractivity contribution in [3.8, 4) is 0 Å². The second kappa shape index (κ2) is 9.72. The molecule has 2 aliphatic heterocycles. The molecule has 0 N–H and O–H groups in total. The first-order valence-electron chi connectivity index (χ1n) is 11.5. The zero-order valence-electron chi connectivity index (χ0n) is 18.7. The van der Waals surface area contributed by atoms with E-state index >= 15 is 0 Å². The van der Waals surface area contributed by atoms with Crippen LogP contribution in [-0.4, -0.2) is 72.3 Å². The lowest BCUT2D eigenvalue weighted by molar-refractivity contribution is -0.149. The predicted octanol–water partition coefficient (Wildman–Crippen LogP) is 2.18. The lowest BCUT2D eigenvalue weighted by atomic mass is 9.94. The van der Waals surface area contributed by atoms with Crippen LogP contribution in [0.3, 0.4) is 0 Å². The van der Waals surface area contributed by atoms with Gasteiger partial charge in [-0.2, -0.15) is 0 Å². The highest BCUT2D eigenvalue weighted by atomic mass is 16.5. The van der Waals surface area contributed by atoms with Crippen molar-refractivity contribution < 1.29 is 33.4 Å². The highest BCUT2D eigenvalue weighted by Crippen LogP contribution is 2.31. The van der Waals surface area contributed by atoms with E-state index in [0.717, 1.165) is 32.1 Å². The molecule has 33 heavy (non-hydrogen) atoms. The lowest BCUT2D eigenvalue weighted by Crippen LogP contribution is -2.42. The van der Waals surface area contributed by atoms with Crippen molar-refractivity contribution in [3.05, 3.63) is 34.9 Å². The molecule has 1 aliphatic carbocycles. The third kappa shape index (κ3) is 4.62. The molecule has 0 unspecified atom stereocenters. The first-order valence-corrected chi connectivity index (χ1v) is 11.5. The average Bonchev–Trinajstić information content (AvgIpc) is 3.11. The van der Waals surface area contributed by atoms with Gasteiger partial charge in [0.1, 0.15) is 0 Å². The minimum Gasteiger partial charge on any atom is -0.469 e. The van der Waals surface area contributed by atoms with Gasteiger partial charge in [0.2, 0.25) is 0 Å². The summed E-state index contributed by atoms with van der Waals surface area (Å²) in [7, 11) is 1.34. The van der Waals surface area contributed by atoms with E-state index in [0.29, 0.717) is 31.5 Å². The Morgan fingerprint density at radius 1 is 0.939 bits per heavy atom. The van der Waals surface area contributed by atoms with E-state index in [4.69, 9.17) is 9.47 Å². The number of esters is 2. The number of likely N-dealkylation sites (tertiary alicyclic amines) is 1. The normalized spacial score (nSPS) is 19.4. The molecule has 0 atom stereocenters. The van der Waals surface area contributed by atoms with Gasteiger partial charge in [-0.25, -0.2) is 4.79 Å². The van der Waals surface area contributed by atoms with E-state index in [1.54, 1.807) is 4.90 Å². The molecule has 0 radical (unpaired) electrons. The van der Waals surface area contributed by atoms with Gasteiger partial charge in [0.15, 0.2) is 6.61 Å². The van der Waals surface area contributed by atoms with Crippen molar-refractivity contribution in [1.29, 1.82) is 0 Å². The summed E-state index contributed by atoms with van der Waals surface area (Å²) in [5.41, 5.74) is 0.625. The van der Waals surface area contributed by atoms with Crippen LogP contribution in [0.1, 0.15) is 76.0 Å². The maximum atomic E-state index is 12.9. The number of benzene rings is 1. The summed E-state index contributed by atoms with van der Waals surface area (Å²) in [4.78, 5) is 65.1. The molecule has 9 nitrogen and oxygen atoms in total. The van der Waals surface area contributed by atoms with E-state index in [2.05, 4.69) is 0 Å². The fourth-order valence-electron chi connectivity index (χ4n) is 4.89. The Morgan fingerprint density at radius 3 is 2.27 bits per heavy atom. The summed E-state index contributed by atoms with van der Waals surface area (Å²) in [6.07, 6.45) is 5.71. The van der Waals surface area contributed by atoms with Gasteiger partial charge in [-0.05, 0) is 43.9 Å². The van der Waals surface area contributed by atoms with Gasteiger partial charge in [-0.1, -0.05) is 19.3 Å². The summed E-state index contributed by atoms with van der Waals surface area (Å²) in [5.74, 6) is -2.26. The Hall–Kier alpha value is -3.23. The predicted molar refractivity (Wildman–Crippen MR) is 115 cm³/mol. The Kier molecular flexibility index (Phi) is 6.76. The third-order valence-electron chi connectivity index (χ3n) is 6.80. The molecule has 9 heteroatoms. The van der Waals surface area contributed by atoms with Crippen LogP contribution in [0.2, 0.25) is 0 Å². The molecular weight excluding hydrogens is 428 g/mol. The van der Waals surface area contributed by atoms with E-state index in [9.17, 15) is 24.0 Å². The average molecular weight is 456 g/mol. The number of amides is 3. The SMILES string of the molecule is COC(=O)C1CCN(C(=O)COC(=O)c2ccc3c(c2)C(=O)N(C2CCCCC2)C3=O)CC1. The van der Waals surface area contributed by atoms with Crippen LogP contribution in [0, 0.1) is 5.92 Å². The van der Waals surface area contributed by atoms with Gasteiger partial charge in [0.25, 0.3) is 17.7 Å². The number of hydrogen-bond acceptors (Lipinski definition) is 7. The van der Waals surface area contributed by atoms with Crippen molar-refractivity contribution in [2.24, 2.45) is 5.92 Å². The molecule has 0 aromatic heterocycles. The van der Waals surface area contributed by atoms with Gasteiger partial charge in [-0.3, -0.25) is 24.1 Å². The van der Waals surface area contributed by atoms with Crippen molar-refractivity contribution >= 4 is 29.7 Å². The van der Waals surface area contributed by atoms with Gasteiger partial charge in [-0.15, -0.1) is 0 Å². The number of imide groups is 1. The molecule has 1 aromatic carbocycles. The number of carbonyl (C=O) groups excluding carboxylic acids is 5. The van der Waals surface area contributed by atoms with Crippen LogP contribution in [0.15, 0.2) is 18.2 Å². The van der Waals surface area contributed by atoms with Crippen molar-refractivity contribution in [2.45, 2.75) is 51.0 Å². The van der Waals surface area contributed by atoms with Gasteiger partial charge in [0, 0.05) is 19.1 Å². The molecule has 4 rings (SSSR count). The van der Waals surface area contributed by atoms with Gasteiger partial charge >= 0.3 is 11.9 Å². The van der Waals surface area contributed by atoms with E-state index in [1.807, 2.05) is 0 Å². The molecule has 2 heterocycles. The van der Waals surface area contributed by atoms with Crippen molar-refractivity contribution in [3.63, 3.8) is 0 Å². The number of rotatable bonds is 5. The molecule has 0 spiro atoms. The summed E-state index contributed by atoms with van der Waals surface area (Å²) in [6, 6.07) is 4.22. The van der Waals surface area contributed by atoms with Crippen LogP contribution in [0.4, 0.5) is 0 Å². The summed E-state index contributed by atoms with van der Waals surface area (Å²) in [5, 5.41) is 0. The van der Waals surface area contributed by atoms with Crippen molar-refractivity contribution in [2.75, 3.05) is 26.8 Å². The van der Waals surface area contributed by atoms with E-state index in [-0.39, 0.29) is 46.8 Å². The Bertz CT molecular complexity index is 975. The summed E-state index contributed by atoms with van der Waals surface area (Å²) >= 11 is 0. The minimum absolute atomic E-state index is 0.0949. The Balaban J connectivity index is 1.34. The molecule has 0 bridgehead atoms. The number of ether oxygens (including phenoxy) is 2. The molecule has 176 valence electrons. The van der Waals surface area contributed by atoms with Crippen LogP contribution in [0.5, 0.6) is 0 Å². The summed E-state index contributed by atoms with van der Waals surface area (Å²) in [6.45, 7) is 0.352.